The van der Waals surface area contributed by atoms with Crippen LogP contribution in [0.1, 0.15) is 11.5 Å². The molecule has 7 heteroatoms. The van der Waals surface area contributed by atoms with Crippen LogP contribution in [0.25, 0.3) is 67.0 Å². The normalized spacial score (nSPS) is 16.1. The standard InChI is InChI=1S/C46H31N7/c1-3-12-30(13-4-1)31-20-22-34(23-21-31)52-38-19-10-8-17-36(38)40-42-39(35-16-7-9-18-37(35)51(42)33-14-5-2-6-15-33)41-44(43(40)52)53(46-48-26-11-27-49-46)45(50-41)32-24-28-47-29-25-32/h1-29,36,38H. The molecule has 1 aliphatic heterocycles. The zero-order valence-electron chi connectivity index (χ0n) is 28.5. The number of hydrogen-bond donors (Lipinski definition) is 0. The molecule has 0 fully saturated rings. The van der Waals surface area contributed by atoms with Gasteiger partial charge in [0.05, 0.1) is 22.8 Å². The van der Waals surface area contributed by atoms with E-state index in [4.69, 9.17) is 15.0 Å². The van der Waals surface area contributed by atoms with Crippen LogP contribution in [-0.4, -0.2) is 35.1 Å². The van der Waals surface area contributed by atoms with Crippen molar-refractivity contribution in [3.05, 3.63) is 182 Å². The summed E-state index contributed by atoms with van der Waals surface area (Å²) >= 11 is 0. The molecule has 0 spiro atoms. The highest BCUT2D eigenvalue weighted by atomic mass is 15.3. The number of para-hydroxylation sites is 2. The molecule has 1 aliphatic carbocycles. The quantitative estimate of drug-likeness (QED) is 0.181. The van der Waals surface area contributed by atoms with Gasteiger partial charge in [-0.1, -0.05) is 103 Å². The number of anilines is 2. The van der Waals surface area contributed by atoms with Crippen molar-refractivity contribution in [2.75, 3.05) is 4.90 Å². The van der Waals surface area contributed by atoms with Gasteiger partial charge in [-0.05, 0) is 59.7 Å². The molecular weight excluding hydrogens is 651 g/mol. The molecule has 2 aliphatic rings. The highest BCUT2D eigenvalue weighted by molar-refractivity contribution is 6.25. The van der Waals surface area contributed by atoms with E-state index in [2.05, 4.69) is 153 Å². The molecular formula is C46H31N7. The van der Waals surface area contributed by atoms with E-state index >= 15 is 0 Å². The molecule has 11 rings (SSSR count). The Morgan fingerprint density at radius 1 is 0.528 bits per heavy atom. The second-order valence-corrected chi connectivity index (χ2v) is 13.5. The smallest absolute Gasteiger partial charge is 0.235 e. The van der Waals surface area contributed by atoms with Crippen LogP contribution in [0.5, 0.6) is 0 Å². The third-order valence-electron chi connectivity index (χ3n) is 10.7. The van der Waals surface area contributed by atoms with E-state index in [0.29, 0.717) is 5.95 Å². The SMILES string of the molecule is C1=CC2c3c(c4c(nc(-c5ccncc5)n4-c4ncccn4)c4c5ccccc5n(-c5ccccc5)c34)N(c3ccc(-c4ccccc4)cc3)C2C=C1. The summed E-state index contributed by atoms with van der Waals surface area (Å²) in [5, 5.41) is 2.27. The topological polar surface area (TPSA) is 64.7 Å². The largest absolute Gasteiger partial charge is 0.331 e. The van der Waals surface area contributed by atoms with Gasteiger partial charge in [-0.2, -0.15) is 0 Å². The van der Waals surface area contributed by atoms with E-state index in [9.17, 15) is 0 Å². The molecule has 0 N–H and O–H groups in total. The summed E-state index contributed by atoms with van der Waals surface area (Å²) in [5.41, 5.74) is 12.1. The molecule has 7 nitrogen and oxygen atoms in total. The average molecular weight is 682 g/mol. The molecule has 4 aromatic heterocycles. The van der Waals surface area contributed by atoms with Gasteiger partial charge in [0.2, 0.25) is 5.95 Å². The average Bonchev–Trinajstić information content (AvgIpc) is 3.91. The minimum Gasteiger partial charge on any atom is -0.331 e. The van der Waals surface area contributed by atoms with E-state index in [-0.39, 0.29) is 12.0 Å². The maximum Gasteiger partial charge on any atom is 0.235 e. The molecule has 5 heterocycles. The first-order valence-corrected chi connectivity index (χ1v) is 17.9. The summed E-state index contributed by atoms with van der Waals surface area (Å²) in [6.45, 7) is 0. The Kier molecular flexibility index (Phi) is 6.54. The molecule has 53 heavy (non-hydrogen) atoms. The Labute approximate surface area is 305 Å². The second kappa shape index (κ2) is 11.7. The molecule has 0 bridgehead atoms. The van der Waals surface area contributed by atoms with Gasteiger partial charge in [0, 0.05) is 64.0 Å². The highest BCUT2D eigenvalue weighted by Gasteiger charge is 2.43. The zero-order valence-corrected chi connectivity index (χ0v) is 28.5. The number of nitrogens with zero attached hydrogens (tertiary/aromatic N) is 7. The van der Waals surface area contributed by atoms with Gasteiger partial charge < -0.3 is 9.47 Å². The minimum absolute atomic E-state index is 0.0260. The van der Waals surface area contributed by atoms with E-state index < -0.39 is 0 Å². The van der Waals surface area contributed by atoms with Crippen molar-refractivity contribution in [3.8, 4) is 34.2 Å². The molecule has 9 aromatic rings. The lowest BCUT2D eigenvalue weighted by atomic mass is 9.89. The van der Waals surface area contributed by atoms with Crippen LogP contribution in [0, 0.1) is 0 Å². The number of hydrogen-bond acceptors (Lipinski definition) is 5. The van der Waals surface area contributed by atoms with Gasteiger partial charge in [-0.3, -0.25) is 9.55 Å². The molecule has 2 atom stereocenters. The second-order valence-electron chi connectivity index (χ2n) is 13.5. The third-order valence-corrected chi connectivity index (χ3v) is 10.7. The molecule has 250 valence electrons. The first-order valence-electron chi connectivity index (χ1n) is 17.9. The third kappa shape index (κ3) is 4.40. The maximum absolute atomic E-state index is 5.60. The number of benzene rings is 5. The van der Waals surface area contributed by atoms with E-state index in [0.717, 1.165) is 61.3 Å². The van der Waals surface area contributed by atoms with Crippen LogP contribution in [0.15, 0.2) is 176 Å². The van der Waals surface area contributed by atoms with Gasteiger partial charge >= 0.3 is 0 Å². The van der Waals surface area contributed by atoms with Crippen molar-refractivity contribution in [3.63, 3.8) is 0 Å². The molecule has 5 aromatic carbocycles. The molecule has 0 saturated heterocycles. The summed E-state index contributed by atoms with van der Waals surface area (Å²) in [6.07, 6.45) is 16.3. The summed E-state index contributed by atoms with van der Waals surface area (Å²) in [4.78, 5) is 22.2. The monoisotopic (exact) mass is 681 g/mol. The van der Waals surface area contributed by atoms with Gasteiger partial charge in [0.25, 0.3) is 0 Å². The van der Waals surface area contributed by atoms with Crippen molar-refractivity contribution in [2.24, 2.45) is 0 Å². The highest BCUT2D eigenvalue weighted by Crippen LogP contribution is 2.56. The fourth-order valence-corrected chi connectivity index (χ4v) is 8.49. The van der Waals surface area contributed by atoms with Crippen LogP contribution < -0.4 is 4.90 Å². The predicted molar refractivity (Wildman–Crippen MR) is 213 cm³/mol. The fourth-order valence-electron chi connectivity index (χ4n) is 8.49. The van der Waals surface area contributed by atoms with Crippen molar-refractivity contribution in [1.29, 1.82) is 0 Å². The summed E-state index contributed by atoms with van der Waals surface area (Å²) in [7, 11) is 0. The van der Waals surface area contributed by atoms with E-state index in [1.165, 1.54) is 16.7 Å². The summed E-state index contributed by atoms with van der Waals surface area (Å²) in [5.74, 6) is 1.39. The van der Waals surface area contributed by atoms with Crippen LogP contribution in [0.2, 0.25) is 0 Å². The van der Waals surface area contributed by atoms with Crippen LogP contribution >= 0.6 is 0 Å². The van der Waals surface area contributed by atoms with Gasteiger partial charge in [0.1, 0.15) is 16.9 Å². The fraction of sp³-hybridized carbons (Fsp3) is 0.0435. The zero-order chi connectivity index (χ0) is 34.9. The number of rotatable bonds is 5. The molecule has 0 saturated carbocycles. The van der Waals surface area contributed by atoms with E-state index in [1.807, 2.05) is 30.6 Å². The Morgan fingerprint density at radius 3 is 2.02 bits per heavy atom. The van der Waals surface area contributed by atoms with Crippen LogP contribution in [-0.2, 0) is 0 Å². The van der Waals surface area contributed by atoms with Gasteiger partial charge in [-0.25, -0.2) is 15.0 Å². The van der Waals surface area contributed by atoms with Gasteiger partial charge in [0.15, 0.2) is 0 Å². The Hall–Kier alpha value is -7.12. The van der Waals surface area contributed by atoms with Crippen LogP contribution in [0.4, 0.5) is 11.4 Å². The summed E-state index contributed by atoms with van der Waals surface area (Å²) in [6, 6.07) is 44.9. The van der Waals surface area contributed by atoms with E-state index in [1.54, 1.807) is 12.4 Å². The predicted octanol–water partition coefficient (Wildman–Crippen LogP) is 10.4. The van der Waals surface area contributed by atoms with Crippen LogP contribution in [0.3, 0.4) is 0 Å². The molecule has 2 unspecified atom stereocenters. The molecule has 0 radical (unpaired) electrons. The Morgan fingerprint density at radius 2 is 1.23 bits per heavy atom. The molecule has 0 amide bonds. The minimum atomic E-state index is 0.0260. The van der Waals surface area contributed by atoms with Gasteiger partial charge in [-0.15, -0.1) is 0 Å². The van der Waals surface area contributed by atoms with Crippen molar-refractivity contribution in [1.82, 2.24) is 29.1 Å². The van der Waals surface area contributed by atoms with Crippen molar-refractivity contribution < 1.29 is 0 Å². The first-order chi connectivity index (χ1) is 26.3. The van der Waals surface area contributed by atoms with Crippen molar-refractivity contribution in [2.45, 2.75) is 12.0 Å². The van der Waals surface area contributed by atoms with Crippen molar-refractivity contribution >= 4 is 44.2 Å². The lowest BCUT2D eigenvalue weighted by Crippen LogP contribution is -2.28. The first kappa shape index (κ1) is 29.6. The number of allylic oxidation sites excluding steroid dienone is 2. The number of aromatic nitrogens is 6. The number of fused-ring (bicyclic) bond motifs is 10. The summed E-state index contributed by atoms with van der Waals surface area (Å²) < 4.78 is 4.60. The number of pyridine rings is 1. The maximum atomic E-state index is 5.60. The lowest BCUT2D eigenvalue weighted by molar-refractivity contribution is 0.746. The Bertz CT molecular complexity index is 2880. The lowest BCUT2D eigenvalue weighted by Gasteiger charge is -2.29. The number of imidazole rings is 1. The Balaban J connectivity index is 1.34.